The van der Waals surface area contributed by atoms with E-state index in [9.17, 15) is 9.59 Å². The number of carbonyl (C=O) groups is 2. The Bertz CT molecular complexity index is 801. The van der Waals surface area contributed by atoms with Crippen molar-refractivity contribution in [3.63, 3.8) is 0 Å². The van der Waals surface area contributed by atoms with E-state index in [0.717, 1.165) is 11.4 Å². The molecule has 1 aromatic carbocycles. The highest BCUT2D eigenvalue weighted by atomic mass is 16.2. The van der Waals surface area contributed by atoms with Gasteiger partial charge in [0, 0.05) is 45.1 Å². The highest BCUT2D eigenvalue weighted by Crippen LogP contribution is 2.29. The molecule has 7 heteroatoms. The van der Waals surface area contributed by atoms with Gasteiger partial charge in [0.25, 0.3) is 5.91 Å². The van der Waals surface area contributed by atoms with Crippen LogP contribution in [0.4, 0.5) is 0 Å². The molecule has 1 atom stereocenters. The zero-order chi connectivity index (χ0) is 17.4. The summed E-state index contributed by atoms with van der Waals surface area (Å²) in [6.45, 7) is 5.23. The van der Waals surface area contributed by atoms with Crippen molar-refractivity contribution in [3.05, 3.63) is 47.5 Å². The molecule has 2 amide bonds. The third-order valence-electron chi connectivity index (χ3n) is 5.03. The van der Waals surface area contributed by atoms with E-state index < -0.39 is 0 Å². The predicted molar refractivity (Wildman–Crippen MR) is 90.8 cm³/mol. The molecule has 25 heavy (non-hydrogen) atoms. The van der Waals surface area contributed by atoms with Crippen molar-refractivity contribution in [1.29, 1.82) is 0 Å². The van der Waals surface area contributed by atoms with Crippen molar-refractivity contribution in [3.8, 4) is 0 Å². The first-order chi connectivity index (χ1) is 12.2. The van der Waals surface area contributed by atoms with Crippen LogP contribution >= 0.6 is 0 Å². The molecule has 0 bridgehead atoms. The van der Waals surface area contributed by atoms with E-state index in [2.05, 4.69) is 10.2 Å². The van der Waals surface area contributed by atoms with Gasteiger partial charge >= 0.3 is 0 Å². The number of nitrogens with zero attached hydrogens (tertiary/aromatic N) is 5. The number of hydrogen-bond donors (Lipinski definition) is 0. The van der Waals surface area contributed by atoms with E-state index in [1.54, 1.807) is 4.90 Å². The number of likely N-dealkylation sites (tertiary alicyclic amines) is 1. The minimum Gasteiger partial charge on any atom is -0.338 e. The Labute approximate surface area is 146 Å². The Morgan fingerprint density at radius 3 is 2.64 bits per heavy atom. The average molecular weight is 339 g/mol. The van der Waals surface area contributed by atoms with Gasteiger partial charge in [0.05, 0.1) is 0 Å². The summed E-state index contributed by atoms with van der Waals surface area (Å²) in [5.41, 5.74) is 1.12. The van der Waals surface area contributed by atoms with E-state index in [1.165, 1.54) is 0 Å². The van der Waals surface area contributed by atoms with Crippen LogP contribution in [-0.4, -0.2) is 56.0 Å². The van der Waals surface area contributed by atoms with E-state index in [4.69, 9.17) is 0 Å². The number of rotatable bonds is 4. The maximum atomic E-state index is 12.4. The second-order valence-electron chi connectivity index (χ2n) is 6.58. The van der Waals surface area contributed by atoms with Gasteiger partial charge in [0.15, 0.2) is 0 Å². The second-order valence-corrected chi connectivity index (χ2v) is 6.58. The number of aromatic nitrogens is 3. The summed E-state index contributed by atoms with van der Waals surface area (Å²) < 4.78 is 1.90. The third kappa shape index (κ3) is 2.79. The van der Waals surface area contributed by atoms with Gasteiger partial charge in [0.2, 0.25) is 11.7 Å². The van der Waals surface area contributed by atoms with E-state index in [0.29, 0.717) is 45.0 Å². The number of likely N-dealkylation sites (N-methyl/N-ethyl adjacent to an activating group) is 1. The molecular weight excluding hydrogens is 318 g/mol. The Balaban J connectivity index is 1.53. The number of amides is 2. The van der Waals surface area contributed by atoms with Crippen LogP contribution in [0.3, 0.4) is 0 Å². The van der Waals surface area contributed by atoms with Crippen LogP contribution in [0.25, 0.3) is 0 Å². The first-order valence-corrected chi connectivity index (χ1v) is 8.71. The van der Waals surface area contributed by atoms with Crippen molar-refractivity contribution in [2.45, 2.75) is 32.4 Å². The highest BCUT2D eigenvalue weighted by molar-refractivity contribution is 5.91. The molecule has 0 saturated carbocycles. The molecular formula is C18H21N5O2. The van der Waals surface area contributed by atoms with Crippen LogP contribution < -0.4 is 0 Å². The number of hydrogen-bond acceptors (Lipinski definition) is 4. The van der Waals surface area contributed by atoms with Crippen LogP contribution in [0.5, 0.6) is 0 Å². The number of carbonyl (C=O) groups excluding carboxylic acids is 2. The summed E-state index contributed by atoms with van der Waals surface area (Å²) in [5.74, 6) is 1.22. The Morgan fingerprint density at radius 1 is 1.08 bits per heavy atom. The molecule has 2 aliphatic heterocycles. The monoisotopic (exact) mass is 339 g/mol. The first-order valence-electron chi connectivity index (χ1n) is 8.71. The van der Waals surface area contributed by atoms with Gasteiger partial charge in [-0.2, -0.15) is 0 Å². The van der Waals surface area contributed by atoms with Crippen LogP contribution in [0, 0.1) is 0 Å². The van der Waals surface area contributed by atoms with Crippen LogP contribution in [0.2, 0.25) is 0 Å². The smallest absolute Gasteiger partial charge is 0.291 e. The summed E-state index contributed by atoms with van der Waals surface area (Å²) in [6, 6.07) is 9.98. The van der Waals surface area contributed by atoms with Crippen molar-refractivity contribution < 1.29 is 9.59 Å². The zero-order valence-corrected chi connectivity index (χ0v) is 14.3. The maximum absolute atomic E-state index is 12.4. The molecule has 0 radical (unpaired) electrons. The minimum atomic E-state index is -0.0713. The van der Waals surface area contributed by atoms with Gasteiger partial charge in [-0.1, -0.05) is 30.3 Å². The van der Waals surface area contributed by atoms with Crippen molar-refractivity contribution in [1.82, 2.24) is 24.6 Å². The highest BCUT2D eigenvalue weighted by Gasteiger charge is 2.36. The van der Waals surface area contributed by atoms with E-state index in [-0.39, 0.29) is 17.7 Å². The second kappa shape index (κ2) is 6.31. The summed E-state index contributed by atoms with van der Waals surface area (Å²) in [6.07, 6.45) is 0.427. The molecule has 0 N–H and O–H groups in total. The molecule has 4 rings (SSSR count). The normalized spacial score (nSPS) is 20.3. The molecule has 1 aromatic heterocycles. The fourth-order valence-electron chi connectivity index (χ4n) is 3.66. The van der Waals surface area contributed by atoms with Crippen molar-refractivity contribution in [2.75, 3.05) is 19.6 Å². The Kier molecular flexibility index (Phi) is 3.99. The molecule has 1 unspecified atom stereocenters. The fourth-order valence-corrected chi connectivity index (χ4v) is 3.66. The molecule has 130 valence electrons. The van der Waals surface area contributed by atoms with Crippen LogP contribution in [-0.2, 0) is 17.9 Å². The summed E-state index contributed by atoms with van der Waals surface area (Å²) in [7, 11) is 0. The standard InChI is InChI=1S/C18H21N5O2/c1-2-21-8-9-23-16(19-20-17(23)18(21)25)14-10-15(24)22(12-14)11-13-6-4-3-5-7-13/h3-7,14H,2,8-12H2,1H3. The quantitative estimate of drug-likeness (QED) is 0.841. The van der Waals surface area contributed by atoms with E-state index in [1.807, 2.05) is 46.7 Å². The molecule has 0 spiro atoms. The molecule has 2 aromatic rings. The summed E-state index contributed by atoms with van der Waals surface area (Å²) in [4.78, 5) is 28.4. The minimum absolute atomic E-state index is 0.00145. The SMILES string of the molecule is CCN1CCn2c(nnc2C2CC(=O)N(Cc3ccccc3)C2)C1=O. The summed E-state index contributed by atoms with van der Waals surface area (Å²) in [5, 5.41) is 8.37. The van der Waals surface area contributed by atoms with Gasteiger partial charge in [-0.15, -0.1) is 10.2 Å². The van der Waals surface area contributed by atoms with Crippen molar-refractivity contribution >= 4 is 11.8 Å². The number of fused-ring (bicyclic) bond motifs is 1. The largest absolute Gasteiger partial charge is 0.338 e. The fraction of sp³-hybridized carbons (Fsp3) is 0.444. The van der Waals surface area contributed by atoms with Gasteiger partial charge in [-0.3, -0.25) is 9.59 Å². The topological polar surface area (TPSA) is 71.3 Å². The van der Waals surface area contributed by atoms with Gasteiger partial charge in [-0.05, 0) is 12.5 Å². The predicted octanol–water partition coefficient (Wildman–Crippen LogP) is 1.27. The first kappa shape index (κ1) is 15.8. The molecule has 0 aliphatic carbocycles. The molecule has 1 fully saturated rings. The van der Waals surface area contributed by atoms with Gasteiger partial charge in [-0.25, -0.2) is 0 Å². The molecule has 3 heterocycles. The Hall–Kier alpha value is -2.70. The van der Waals surface area contributed by atoms with Gasteiger partial charge in [0.1, 0.15) is 5.82 Å². The Morgan fingerprint density at radius 2 is 1.88 bits per heavy atom. The van der Waals surface area contributed by atoms with Crippen molar-refractivity contribution in [2.24, 2.45) is 0 Å². The molecule has 2 aliphatic rings. The lowest BCUT2D eigenvalue weighted by Gasteiger charge is -2.26. The number of benzene rings is 1. The van der Waals surface area contributed by atoms with Crippen LogP contribution in [0.1, 0.15) is 41.3 Å². The molecule has 7 nitrogen and oxygen atoms in total. The van der Waals surface area contributed by atoms with E-state index >= 15 is 0 Å². The third-order valence-corrected chi connectivity index (χ3v) is 5.03. The van der Waals surface area contributed by atoms with Gasteiger partial charge < -0.3 is 14.4 Å². The lowest BCUT2D eigenvalue weighted by molar-refractivity contribution is -0.128. The lowest BCUT2D eigenvalue weighted by atomic mass is 10.1. The average Bonchev–Trinajstić information content (AvgIpc) is 3.21. The maximum Gasteiger partial charge on any atom is 0.291 e. The summed E-state index contributed by atoms with van der Waals surface area (Å²) >= 11 is 0. The molecule has 1 saturated heterocycles. The lowest BCUT2D eigenvalue weighted by Crippen LogP contribution is -2.40. The van der Waals surface area contributed by atoms with Crippen LogP contribution in [0.15, 0.2) is 30.3 Å². The zero-order valence-electron chi connectivity index (χ0n) is 14.3.